The van der Waals surface area contributed by atoms with E-state index in [4.69, 9.17) is 28.5 Å². The topological polar surface area (TPSA) is 49.6 Å². The van der Waals surface area contributed by atoms with Gasteiger partial charge in [-0.15, -0.1) is 0 Å². The lowest BCUT2D eigenvalue weighted by atomic mass is 10.0. The molecule has 1 aromatic heterocycles. The fourth-order valence-electron chi connectivity index (χ4n) is 1.87. The minimum atomic E-state index is 0.166. The van der Waals surface area contributed by atoms with Crippen LogP contribution in [0.25, 0.3) is 0 Å². The molecule has 96 valence electrons. The van der Waals surface area contributed by atoms with Crippen LogP contribution in [-0.2, 0) is 12.8 Å². The van der Waals surface area contributed by atoms with Gasteiger partial charge in [0.25, 0.3) is 0 Å². The number of halogens is 2. The quantitative estimate of drug-likeness (QED) is 0.639. The molecule has 0 aliphatic carbocycles. The summed E-state index contributed by atoms with van der Waals surface area (Å²) in [4.78, 5) is 7.94. The minimum absolute atomic E-state index is 0.166. The molecule has 19 heavy (non-hydrogen) atoms. The molecule has 0 atom stereocenters. The second-order valence-corrected chi connectivity index (χ2v) is 4.93. The van der Waals surface area contributed by atoms with E-state index < -0.39 is 0 Å². The number of aromatic nitrogens is 2. The zero-order chi connectivity index (χ0) is 13.8. The average Bonchev–Trinajstić information content (AvgIpc) is 2.36. The summed E-state index contributed by atoms with van der Waals surface area (Å²) in [5, 5.41) is 9.34. The van der Waals surface area contributed by atoms with Crippen molar-refractivity contribution in [2.75, 3.05) is 0 Å². The molecule has 0 saturated heterocycles. The molecule has 2 aromatic rings. The molecule has 0 saturated carbocycles. The summed E-state index contributed by atoms with van der Waals surface area (Å²) in [5.74, 6) is 0. The number of rotatable bonds is 3. The lowest BCUT2D eigenvalue weighted by molar-refractivity contribution is 0.894. The van der Waals surface area contributed by atoms with Gasteiger partial charge in [-0.3, -0.25) is 0 Å². The van der Waals surface area contributed by atoms with Gasteiger partial charge in [-0.1, -0.05) is 17.7 Å². The highest BCUT2D eigenvalue weighted by Gasteiger charge is 2.04. The first-order valence-corrected chi connectivity index (χ1v) is 6.52. The molecule has 3 nitrogen and oxygen atoms in total. The van der Waals surface area contributed by atoms with Crippen LogP contribution < -0.4 is 0 Å². The van der Waals surface area contributed by atoms with Crippen LogP contribution in [0, 0.1) is 18.3 Å². The van der Waals surface area contributed by atoms with E-state index in [2.05, 4.69) is 16.0 Å². The molecule has 0 fully saturated rings. The van der Waals surface area contributed by atoms with Crippen molar-refractivity contribution in [2.45, 2.75) is 19.8 Å². The van der Waals surface area contributed by atoms with Crippen molar-refractivity contribution in [1.82, 2.24) is 9.97 Å². The van der Waals surface area contributed by atoms with Crippen molar-refractivity contribution in [1.29, 1.82) is 5.26 Å². The number of nitrogens with zero attached hydrogens (tertiary/aromatic N) is 3. The SMILES string of the molecule is Cc1cc(C#N)ccc1CCc1cc(Cl)nc(Cl)n1. The fraction of sp³-hybridized carbons (Fsp3) is 0.214. The lowest BCUT2D eigenvalue weighted by Gasteiger charge is -2.06. The molecule has 0 aliphatic heterocycles. The standard InChI is InChI=1S/C14H11Cl2N3/c1-9-6-10(8-17)2-3-11(9)4-5-12-7-13(15)19-14(16)18-12/h2-3,6-7H,4-5H2,1H3. The van der Waals surface area contributed by atoms with Gasteiger partial charge in [0.2, 0.25) is 5.28 Å². The Labute approximate surface area is 121 Å². The fourth-order valence-corrected chi connectivity index (χ4v) is 2.32. The van der Waals surface area contributed by atoms with E-state index in [-0.39, 0.29) is 5.28 Å². The summed E-state index contributed by atoms with van der Waals surface area (Å²) in [5.41, 5.74) is 3.78. The van der Waals surface area contributed by atoms with Crippen LogP contribution in [0.4, 0.5) is 0 Å². The van der Waals surface area contributed by atoms with Gasteiger partial charge in [0.1, 0.15) is 5.15 Å². The van der Waals surface area contributed by atoms with Crippen LogP contribution in [0.1, 0.15) is 22.4 Å². The van der Waals surface area contributed by atoms with Crippen LogP contribution in [0.5, 0.6) is 0 Å². The van der Waals surface area contributed by atoms with Gasteiger partial charge < -0.3 is 0 Å². The maximum absolute atomic E-state index is 8.83. The highest BCUT2D eigenvalue weighted by molar-refractivity contribution is 6.31. The van der Waals surface area contributed by atoms with Gasteiger partial charge in [0.05, 0.1) is 11.6 Å². The Morgan fingerprint density at radius 3 is 2.58 bits per heavy atom. The number of hydrogen-bond acceptors (Lipinski definition) is 3. The Morgan fingerprint density at radius 1 is 1.16 bits per heavy atom. The van der Waals surface area contributed by atoms with Crippen LogP contribution in [0.15, 0.2) is 24.3 Å². The van der Waals surface area contributed by atoms with Gasteiger partial charge in [-0.25, -0.2) is 9.97 Å². The van der Waals surface area contributed by atoms with E-state index in [0.717, 1.165) is 24.1 Å². The first kappa shape index (κ1) is 13.8. The van der Waals surface area contributed by atoms with E-state index >= 15 is 0 Å². The third-order valence-electron chi connectivity index (χ3n) is 2.84. The van der Waals surface area contributed by atoms with Crippen molar-refractivity contribution in [3.63, 3.8) is 0 Å². The molecule has 0 amide bonds. The van der Waals surface area contributed by atoms with Gasteiger partial charge in [0.15, 0.2) is 0 Å². The molecule has 0 bridgehead atoms. The first-order valence-electron chi connectivity index (χ1n) is 5.77. The molecular weight excluding hydrogens is 281 g/mol. The molecule has 0 radical (unpaired) electrons. The van der Waals surface area contributed by atoms with Crippen molar-refractivity contribution >= 4 is 23.2 Å². The smallest absolute Gasteiger partial charge is 0.223 e. The third-order valence-corrected chi connectivity index (χ3v) is 3.21. The highest BCUT2D eigenvalue weighted by Crippen LogP contribution is 2.16. The molecule has 0 spiro atoms. The second-order valence-electron chi connectivity index (χ2n) is 4.20. The zero-order valence-electron chi connectivity index (χ0n) is 10.3. The van der Waals surface area contributed by atoms with Crippen molar-refractivity contribution in [3.8, 4) is 6.07 Å². The van der Waals surface area contributed by atoms with E-state index in [9.17, 15) is 0 Å². The average molecular weight is 292 g/mol. The maximum atomic E-state index is 8.83. The Kier molecular flexibility index (Phi) is 4.36. The third kappa shape index (κ3) is 3.66. The Hall–Kier alpha value is -1.63. The van der Waals surface area contributed by atoms with Crippen molar-refractivity contribution < 1.29 is 0 Å². The van der Waals surface area contributed by atoms with Crippen molar-refractivity contribution in [3.05, 3.63) is 57.1 Å². The van der Waals surface area contributed by atoms with Crippen LogP contribution in [0.3, 0.4) is 0 Å². The van der Waals surface area contributed by atoms with Gasteiger partial charge in [-0.2, -0.15) is 5.26 Å². The van der Waals surface area contributed by atoms with Crippen LogP contribution in [-0.4, -0.2) is 9.97 Å². The van der Waals surface area contributed by atoms with E-state index in [1.54, 1.807) is 6.07 Å². The maximum Gasteiger partial charge on any atom is 0.224 e. The van der Waals surface area contributed by atoms with Gasteiger partial charge >= 0.3 is 0 Å². The first-order chi connectivity index (χ1) is 9.08. The van der Waals surface area contributed by atoms with E-state index in [0.29, 0.717) is 10.7 Å². The summed E-state index contributed by atoms with van der Waals surface area (Å²) in [6.07, 6.45) is 1.55. The molecule has 0 aliphatic rings. The second kappa shape index (κ2) is 6.01. The number of aryl methyl sites for hydroxylation is 3. The molecule has 1 heterocycles. The molecule has 2 rings (SSSR count). The summed E-state index contributed by atoms with van der Waals surface area (Å²) < 4.78 is 0. The summed E-state index contributed by atoms with van der Waals surface area (Å²) in [6, 6.07) is 9.52. The monoisotopic (exact) mass is 291 g/mol. The largest absolute Gasteiger partial charge is 0.224 e. The lowest BCUT2D eigenvalue weighted by Crippen LogP contribution is -1.98. The molecule has 0 unspecified atom stereocenters. The predicted octanol–water partition coefficient (Wildman–Crippen LogP) is 3.75. The number of hydrogen-bond donors (Lipinski definition) is 0. The Morgan fingerprint density at radius 2 is 1.95 bits per heavy atom. The number of benzene rings is 1. The van der Waals surface area contributed by atoms with E-state index in [1.807, 2.05) is 25.1 Å². The molecule has 5 heteroatoms. The van der Waals surface area contributed by atoms with Crippen LogP contribution in [0.2, 0.25) is 10.4 Å². The van der Waals surface area contributed by atoms with Gasteiger partial charge in [0, 0.05) is 5.69 Å². The highest BCUT2D eigenvalue weighted by atomic mass is 35.5. The molecule has 0 N–H and O–H groups in total. The van der Waals surface area contributed by atoms with Crippen LogP contribution >= 0.6 is 23.2 Å². The minimum Gasteiger partial charge on any atom is -0.223 e. The normalized spacial score (nSPS) is 10.2. The molecular formula is C14H11Cl2N3. The number of nitriles is 1. The Balaban J connectivity index is 2.12. The van der Waals surface area contributed by atoms with Gasteiger partial charge in [-0.05, 0) is 60.7 Å². The Bertz CT molecular complexity index is 627. The summed E-state index contributed by atoms with van der Waals surface area (Å²) >= 11 is 11.6. The summed E-state index contributed by atoms with van der Waals surface area (Å²) in [6.45, 7) is 2.00. The van der Waals surface area contributed by atoms with E-state index in [1.165, 1.54) is 5.56 Å². The van der Waals surface area contributed by atoms with Crippen molar-refractivity contribution in [2.24, 2.45) is 0 Å². The zero-order valence-corrected chi connectivity index (χ0v) is 11.8. The molecule has 1 aromatic carbocycles. The summed E-state index contributed by atoms with van der Waals surface area (Å²) in [7, 11) is 0. The predicted molar refractivity (Wildman–Crippen MR) is 75.4 cm³/mol.